The van der Waals surface area contributed by atoms with Crippen LogP contribution in [0.1, 0.15) is 12.8 Å². The van der Waals surface area contributed by atoms with E-state index < -0.39 is 20.2 Å². The summed E-state index contributed by atoms with van der Waals surface area (Å²) < 4.78 is 56.5. The summed E-state index contributed by atoms with van der Waals surface area (Å²) in [6, 6.07) is 0. The molecule has 6 atom stereocenters. The number of hydrogen-bond donors (Lipinski definition) is 0. The number of hydrogen-bond acceptors (Lipinski definition) is 6. The van der Waals surface area contributed by atoms with Crippen molar-refractivity contribution >= 4 is 20.2 Å². The van der Waals surface area contributed by atoms with Crippen molar-refractivity contribution in [1.29, 1.82) is 0 Å². The van der Waals surface area contributed by atoms with Gasteiger partial charge >= 0.3 is 0 Å². The molecule has 0 spiro atoms. The molecule has 144 valence electrons. The van der Waals surface area contributed by atoms with Gasteiger partial charge in [0.15, 0.2) is 0 Å². The average molecular weight is 401 g/mol. The second kappa shape index (κ2) is 5.77. The fourth-order valence-electron chi connectivity index (χ4n) is 5.72. The van der Waals surface area contributed by atoms with E-state index in [1.165, 1.54) is 0 Å². The number of allylic oxidation sites excluding steroid dienone is 6. The second-order valence-electron chi connectivity index (χ2n) is 8.04. The van der Waals surface area contributed by atoms with Crippen LogP contribution >= 0.6 is 0 Å². The summed E-state index contributed by atoms with van der Waals surface area (Å²) in [4.78, 5) is 0. The standard InChI is InChI=1S/C18H24O6S2/c1-25(19,20)23-11-13-14(12-24-26(2,21)22)16-6-5-15(13)17-7-3-4-8-18(16,17)10-9-17/h3-6,9-10,13-16H,7-8,11-12H2,1-2H3/t13-,14+,15-,16-,17-,18+/m0/s1. The third kappa shape index (κ3) is 2.65. The quantitative estimate of drug-likeness (QED) is 0.500. The van der Waals surface area contributed by atoms with Crippen molar-refractivity contribution in [3.63, 3.8) is 0 Å². The minimum Gasteiger partial charge on any atom is -0.270 e. The van der Waals surface area contributed by atoms with E-state index in [-0.39, 0.29) is 47.7 Å². The van der Waals surface area contributed by atoms with Crippen LogP contribution in [0.25, 0.3) is 0 Å². The van der Waals surface area contributed by atoms with Gasteiger partial charge < -0.3 is 0 Å². The Hall–Kier alpha value is -0.960. The summed E-state index contributed by atoms with van der Waals surface area (Å²) in [5.74, 6) is 0.00632. The van der Waals surface area contributed by atoms with Gasteiger partial charge in [-0.1, -0.05) is 36.5 Å². The SMILES string of the molecule is CS(=O)(=O)OC[C@@H]1[C@H](COS(C)(=O)=O)[C@@H]2C=C[C@@H]1[C@@]13C=C[C@@]21CC=CC3. The van der Waals surface area contributed by atoms with Gasteiger partial charge in [-0.15, -0.1) is 0 Å². The molecule has 0 aromatic rings. The molecule has 5 aliphatic carbocycles. The highest BCUT2D eigenvalue weighted by Crippen LogP contribution is 2.74. The minimum atomic E-state index is -3.57. The molecule has 1 fully saturated rings. The molecule has 0 unspecified atom stereocenters. The lowest BCUT2D eigenvalue weighted by molar-refractivity contribution is -0.130. The van der Waals surface area contributed by atoms with Gasteiger partial charge in [-0.25, -0.2) is 0 Å². The van der Waals surface area contributed by atoms with E-state index in [9.17, 15) is 16.8 Å². The highest BCUT2D eigenvalue weighted by atomic mass is 32.2. The molecular weight excluding hydrogens is 376 g/mol. The molecule has 5 aliphatic rings. The predicted octanol–water partition coefficient (Wildman–Crippen LogP) is 1.88. The van der Waals surface area contributed by atoms with Crippen molar-refractivity contribution in [1.82, 2.24) is 0 Å². The molecule has 0 saturated heterocycles. The van der Waals surface area contributed by atoms with Crippen LogP contribution < -0.4 is 0 Å². The van der Waals surface area contributed by atoms with E-state index in [4.69, 9.17) is 8.37 Å². The molecule has 0 amide bonds. The van der Waals surface area contributed by atoms with E-state index in [0.717, 1.165) is 25.4 Å². The van der Waals surface area contributed by atoms with Gasteiger partial charge in [0.05, 0.1) is 25.7 Å². The van der Waals surface area contributed by atoms with Crippen LogP contribution in [0.15, 0.2) is 36.5 Å². The van der Waals surface area contributed by atoms with Crippen molar-refractivity contribution in [2.24, 2.45) is 34.5 Å². The van der Waals surface area contributed by atoms with Gasteiger partial charge in [0.2, 0.25) is 0 Å². The maximum Gasteiger partial charge on any atom is 0.264 e. The Bertz CT molecular complexity index is 828. The summed E-state index contributed by atoms with van der Waals surface area (Å²) in [6.07, 6.45) is 17.2. The summed E-state index contributed by atoms with van der Waals surface area (Å²) in [5.41, 5.74) is -0.0391. The number of fused-ring (bicyclic) bond motifs is 1. The van der Waals surface area contributed by atoms with Crippen LogP contribution in [-0.4, -0.2) is 42.6 Å². The van der Waals surface area contributed by atoms with Gasteiger partial charge in [0.1, 0.15) is 0 Å². The van der Waals surface area contributed by atoms with E-state index in [1.807, 2.05) is 0 Å². The van der Waals surface area contributed by atoms with Crippen molar-refractivity contribution in [2.75, 3.05) is 25.7 Å². The van der Waals surface area contributed by atoms with Crippen LogP contribution in [0.4, 0.5) is 0 Å². The zero-order chi connectivity index (χ0) is 18.8. The van der Waals surface area contributed by atoms with Crippen molar-refractivity contribution in [3.05, 3.63) is 36.5 Å². The maximum absolute atomic E-state index is 11.6. The third-order valence-electron chi connectivity index (χ3n) is 6.76. The minimum absolute atomic E-state index is 0.0196. The molecule has 0 heterocycles. The molecule has 0 aromatic heterocycles. The zero-order valence-corrected chi connectivity index (χ0v) is 16.5. The molecule has 2 bridgehead atoms. The fourth-order valence-corrected chi connectivity index (χ4v) is 6.53. The Morgan fingerprint density at radius 3 is 1.50 bits per heavy atom. The number of rotatable bonds is 6. The van der Waals surface area contributed by atoms with E-state index >= 15 is 0 Å². The summed E-state index contributed by atoms with van der Waals surface area (Å²) in [5, 5.41) is 0. The van der Waals surface area contributed by atoms with Gasteiger partial charge in [-0.2, -0.15) is 16.8 Å². The Morgan fingerprint density at radius 2 is 1.19 bits per heavy atom. The van der Waals surface area contributed by atoms with Gasteiger partial charge in [0, 0.05) is 10.8 Å². The largest absolute Gasteiger partial charge is 0.270 e. The molecule has 0 radical (unpaired) electrons. The lowest BCUT2D eigenvalue weighted by Gasteiger charge is -2.70. The molecule has 1 saturated carbocycles. The first-order valence-corrected chi connectivity index (χ1v) is 12.4. The summed E-state index contributed by atoms with van der Waals surface area (Å²) in [7, 11) is -7.14. The topological polar surface area (TPSA) is 86.7 Å². The Labute approximate surface area is 155 Å². The predicted molar refractivity (Wildman–Crippen MR) is 97.1 cm³/mol. The third-order valence-corrected chi connectivity index (χ3v) is 7.89. The van der Waals surface area contributed by atoms with E-state index in [0.29, 0.717) is 0 Å². The van der Waals surface area contributed by atoms with Gasteiger partial charge in [-0.3, -0.25) is 8.37 Å². The summed E-state index contributed by atoms with van der Waals surface area (Å²) in [6.45, 7) is 0.106. The first-order valence-electron chi connectivity index (χ1n) is 8.81. The Morgan fingerprint density at radius 1 is 0.808 bits per heavy atom. The average Bonchev–Trinajstić information content (AvgIpc) is 2.51. The normalized spacial score (nSPS) is 43.0. The highest BCUT2D eigenvalue weighted by Gasteiger charge is 2.69. The summed E-state index contributed by atoms with van der Waals surface area (Å²) >= 11 is 0. The Kier molecular flexibility index (Phi) is 4.08. The molecule has 0 N–H and O–H groups in total. The van der Waals surface area contributed by atoms with Gasteiger partial charge in [0.25, 0.3) is 20.2 Å². The molecule has 6 nitrogen and oxygen atoms in total. The first-order chi connectivity index (χ1) is 12.1. The van der Waals surface area contributed by atoms with Crippen LogP contribution in [0.3, 0.4) is 0 Å². The maximum atomic E-state index is 11.6. The van der Waals surface area contributed by atoms with Crippen molar-refractivity contribution < 1.29 is 25.2 Å². The molecule has 0 aromatic carbocycles. The fraction of sp³-hybridized carbons (Fsp3) is 0.667. The van der Waals surface area contributed by atoms with E-state index in [1.54, 1.807) is 0 Å². The van der Waals surface area contributed by atoms with Crippen LogP contribution in [0.2, 0.25) is 0 Å². The molecule has 26 heavy (non-hydrogen) atoms. The lowest BCUT2D eigenvalue weighted by atomic mass is 9.33. The van der Waals surface area contributed by atoms with Gasteiger partial charge in [-0.05, 0) is 36.5 Å². The second-order valence-corrected chi connectivity index (χ2v) is 11.3. The molecule has 0 aliphatic heterocycles. The zero-order valence-electron chi connectivity index (χ0n) is 14.9. The van der Waals surface area contributed by atoms with Crippen LogP contribution in [0.5, 0.6) is 0 Å². The van der Waals surface area contributed by atoms with Crippen molar-refractivity contribution in [3.8, 4) is 0 Å². The molecule has 8 heteroatoms. The monoisotopic (exact) mass is 400 g/mol. The van der Waals surface area contributed by atoms with E-state index in [2.05, 4.69) is 36.5 Å². The van der Waals surface area contributed by atoms with Crippen molar-refractivity contribution in [2.45, 2.75) is 12.8 Å². The highest BCUT2D eigenvalue weighted by molar-refractivity contribution is 7.86. The smallest absolute Gasteiger partial charge is 0.264 e. The molecular formula is C18H24O6S2. The molecule has 5 rings (SSSR count). The van der Waals surface area contributed by atoms with Crippen LogP contribution in [-0.2, 0) is 28.6 Å². The lowest BCUT2D eigenvalue weighted by Crippen LogP contribution is -2.66. The van der Waals surface area contributed by atoms with Crippen LogP contribution in [0, 0.1) is 34.5 Å². The Balaban J connectivity index is 1.70. The first kappa shape index (κ1) is 18.4.